The Hall–Kier alpha value is -1.62. The molecule has 2 unspecified atom stereocenters. The lowest BCUT2D eigenvalue weighted by Gasteiger charge is -2.27. The lowest BCUT2D eigenvalue weighted by Crippen LogP contribution is -2.28. The van der Waals surface area contributed by atoms with E-state index in [9.17, 15) is 0 Å². The Morgan fingerprint density at radius 1 is 1.40 bits per heavy atom. The smallest absolute Gasteiger partial charge is 0.0641 e. The number of hydrogen-bond donors (Lipinski definition) is 1. The third-order valence-electron chi connectivity index (χ3n) is 4.34. The Labute approximate surface area is 120 Å². The molecule has 0 radical (unpaired) electrons. The van der Waals surface area contributed by atoms with Crippen LogP contribution in [0, 0.1) is 6.92 Å². The fourth-order valence-electron chi connectivity index (χ4n) is 3.31. The first-order valence-electron chi connectivity index (χ1n) is 7.33. The number of aryl methyl sites for hydroxylation is 3. The molecule has 5 nitrogen and oxygen atoms in total. The second kappa shape index (κ2) is 5.05. The first kappa shape index (κ1) is 13.4. The Balaban J connectivity index is 1.80. The zero-order valence-corrected chi connectivity index (χ0v) is 12.7. The van der Waals surface area contributed by atoms with E-state index in [1.54, 1.807) is 0 Å². The maximum absolute atomic E-state index is 4.43. The zero-order chi connectivity index (χ0) is 14.3. The summed E-state index contributed by atoms with van der Waals surface area (Å²) in [7, 11) is 4.01. The third kappa shape index (κ3) is 2.26. The Morgan fingerprint density at radius 2 is 2.20 bits per heavy atom. The number of aromatic nitrogens is 4. The molecule has 108 valence electrons. The van der Waals surface area contributed by atoms with E-state index >= 15 is 0 Å². The maximum atomic E-state index is 4.43. The fourth-order valence-corrected chi connectivity index (χ4v) is 3.31. The van der Waals surface area contributed by atoms with Crippen molar-refractivity contribution in [3.05, 3.63) is 34.9 Å². The summed E-state index contributed by atoms with van der Waals surface area (Å²) in [5.74, 6) is 0. The fraction of sp³-hybridized carbons (Fsp3) is 0.600. The molecular formula is C15H23N5. The van der Waals surface area contributed by atoms with Crippen molar-refractivity contribution in [1.29, 1.82) is 0 Å². The molecule has 0 saturated carbocycles. The minimum atomic E-state index is 0.305. The van der Waals surface area contributed by atoms with Crippen molar-refractivity contribution >= 4 is 0 Å². The lowest BCUT2D eigenvalue weighted by atomic mass is 9.92. The Bertz CT molecular complexity index is 610. The molecule has 0 bridgehead atoms. The van der Waals surface area contributed by atoms with E-state index in [1.165, 1.54) is 29.7 Å². The molecule has 2 aromatic rings. The molecule has 0 amide bonds. The molecule has 0 aromatic carbocycles. The Kier molecular flexibility index (Phi) is 3.38. The zero-order valence-electron chi connectivity index (χ0n) is 12.7. The molecule has 2 aromatic heterocycles. The molecule has 1 aliphatic carbocycles. The van der Waals surface area contributed by atoms with Crippen molar-refractivity contribution in [1.82, 2.24) is 24.9 Å². The quantitative estimate of drug-likeness (QED) is 0.932. The molecule has 0 spiro atoms. The molecule has 1 aliphatic rings. The van der Waals surface area contributed by atoms with Crippen LogP contribution >= 0.6 is 0 Å². The van der Waals surface area contributed by atoms with E-state index in [0.29, 0.717) is 12.1 Å². The first-order chi connectivity index (χ1) is 9.56. The molecule has 5 heteroatoms. The van der Waals surface area contributed by atoms with Crippen LogP contribution in [-0.2, 0) is 20.5 Å². The van der Waals surface area contributed by atoms with Gasteiger partial charge in [0.25, 0.3) is 0 Å². The standard InChI is InChI=1S/C15H23N5/c1-10(13-9-19(3)18-11(13)2)17-14-6-5-7-15-12(14)8-16-20(15)4/h8-10,14,17H,5-7H2,1-4H3. The first-order valence-corrected chi connectivity index (χ1v) is 7.33. The van der Waals surface area contributed by atoms with Gasteiger partial charge in [0.1, 0.15) is 0 Å². The van der Waals surface area contributed by atoms with Crippen LogP contribution in [0.15, 0.2) is 12.4 Å². The summed E-state index contributed by atoms with van der Waals surface area (Å²) < 4.78 is 3.91. The average molecular weight is 273 g/mol. The largest absolute Gasteiger partial charge is 0.303 e. The number of fused-ring (bicyclic) bond motifs is 1. The van der Waals surface area contributed by atoms with E-state index < -0.39 is 0 Å². The molecule has 20 heavy (non-hydrogen) atoms. The van der Waals surface area contributed by atoms with Crippen LogP contribution in [0.5, 0.6) is 0 Å². The highest BCUT2D eigenvalue weighted by Gasteiger charge is 2.25. The molecule has 0 fully saturated rings. The van der Waals surface area contributed by atoms with Gasteiger partial charge in [-0.25, -0.2) is 0 Å². The van der Waals surface area contributed by atoms with Gasteiger partial charge in [-0.1, -0.05) is 0 Å². The van der Waals surface area contributed by atoms with Crippen LogP contribution < -0.4 is 5.32 Å². The van der Waals surface area contributed by atoms with E-state index in [2.05, 4.69) is 35.6 Å². The minimum Gasteiger partial charge on any atom is -0.303 e. The highest BCUT2D eigenvalue weighted by Crippen LogP contribution is 2.31. The van der Waals surface area contributed by atoms with Crippen molar-refractivity contribution in [2.24, 2.45) is 14.1 Å². The van der Waals surface area contributed by atoms with Crippen LogP contribution in [0.1, 0.15) is 54.4 Å². The van der Waals surface area contributed by atoms with Crippen LogP contribution in [0.4, 0.5) is 0 Å². The monoisotopic (exact) mass is 273 g/mol. The van der Waals surface area contributed by atoms with Gasteiger partial charge in [0.15, 0.2) is 0 Å². The molecular weight excluding hydrogens is 250 g/mol. The summed E-state index contributed by atoms with van der Waals surface area (Å²) >= 11 is 0. The number of rotatable bonds is 3. The minimum absolute atomic E-state index is 0.305. The van der Waals surface area contributed by atoms with Crippen LogP contribution in [0.25, 0.3) is 0 Å². The van der Waals surface area contributed by atoms with Gasteiger partial charge >= 0.3 is 0 Å². The van der Waals surface area contributed by atoms with Gasteiger partial charge < -0.3 is 5.32 Å². The summed E-state index contributed by atoms with van der Waals surface area (Å²) in [6, 6.07) is 0.710. The van der Waals surface area contributed by atoms with E-state index in [4.69, 9.17) is 0 Å². The number of hydrogen-bond acceptors (Lipinski definition) is 3. The number of nitrogens with zero attached hydrogens (tertiary/aromatic N) is 4. The van der Waals surface area contributed by atoms with Gasteiger partial charge in [-0.05, 0) is 33.1 Å². The van der Waals surface area contributed by atoms with Crippen molar-refractivity contribution in [3.8, 4) is 0 Å². The van der Waals surface area contributed by atoms with Crippen LogP contribution in [-0.4, -0.2) is 19.6 Å². The summed E-state index contributed by atoms with van der Waals surface area (Å²) in [5.41, 5.74) is 5.13. The normalized spacial score (nSPS) is 19.9. The molecule has 3 rings (SSSR count). The van der Waals surface area contributed by atoms with Gasteiger partial charge in [-0.15, -0.1) is 0 Å². The van der Waals surface area contributed by atoms with Crippen LogP contribution in [0.2, 0.25) is 0 Å². The van der Waals surface area contributed by atoms with Gasteiger partial charge in [-0.3, -0.25) is 9.36 Å². The molecule has 0 aliphatic heterocycles. The maximum Gasteiger partial charge on any atom is 0.0641 e. The third-order valence-corrected chi connectivity index (χ3v) is 4.34. The van der Waals surface area contributed by atoms with Crippen molar-refractivity contribution in [2.75, 3.05) is 0 Å². The van der Waals surface area contributed by atoms with Crippen LogP contribution in [0.3, 0.4) is 0 Å². The van der Waals surface area contributed by atoms with Gasteiger partial charge in [0, 0.05) is 49.2 Å². The molecule has 1 N–H and O–H groups in total. The predicted octanol–water partition coefficient (Wildman–Crippen LogP) is 2.19. The van der Waals surface area contributed by atoms with Gasteiger partial charge in [0.2, 0.25) is 0 Å². The van der Waals surface area contributed by atoms with Gasteiger partial charge in [-0.2, -0.15) is 10.2 Å². The number of nitrogens with one attached hydrogen (secondary N) is 1. The second-order valence-electron chi connectivity index (χ2n) is 5.85. The second-order valence-corrected chi connectivity index (χ2v) is 5.85. The summed E-state index contributed by atoms with van der Waals surface area (Å²) in [6.45, 7) is 4.29. The highest BCUT2D eigenvalue weighted by molar-refractivity contribution is 5.26. The van der Waals surface area contributed by atoms with E-state index in [-0.39, 0.29) is 0 Å². The predicted molar refractivity (Wildman–Crippen MR) is 78.4 cm³/mol. The Morgan fingerprint density at radius 3 is 2.90 bits per heavy atom. The average Bonchev–Trinajstić information content (AvgIpc) is 2.94. The SMILES string of the molecule is Cc1nn(C)cc1C(C)NC1CCCc2c1cnn2C. The van der Waals surface area contributed by atoms with E-state index in [0.717, 1.165) is 12.1 Å². The molecule has 2 heterocycles. The van der Waals surface area contributed by atoms with Crippen molar-refractivity contribution < 1.29 is 0 Å². The van der Waals surface area contributed by atoms with E-state index in [1.807, 2.05) is 29.7 Å². The topological polar surface area (TPSA) is 47.7 Å². The summed E-state index contributed by atoms with van der Waals surface area (Å²) in [6.07, 6.45) is 7.69. The summed E-state index contributed by atoms with van der Waals surface area (Å²) in [4.78, 5) is 0. The summed E-state index contributed by atoms with van der Waals surface area (Å²) in [5, 5.41) is 12.6. The van der Waals surface area contributed by atoms with Gasteiger partial charge in [0.05, 0.1) is 11.9 Å². The molecule has 0 saturated heterocycles. The highest BCUT2D eigenvalue weighted by atomic mass is 15.3. The van der Waals surface area contributed by atoms with Crippen molar-refractivity contribution in [3.63, 3.8) is 0 Å². The molecule has 2 atom stereocenters. The lowest BCUT2D eigenvalue weighted by molar-refractivity contribution is 0.410. The van der Waals surface area contributed by atoms with Crippen molar-refractivity contribution in [2.45, 2.75) is 45.2 Å².